The van der Waals surface area contributed by atoms with Crippen molar-refractivity contribution in [3.05, 3.63) is 29.8 Å². The number of amides is 1. The first-order valence-corrected chi connectivity index (χ1v) is 6.85. The molecule has 7 heteroatoms. The van der Waals surface area contributed by atoms with E-state index in [-0.39, 0.29) is 0 Å². The van der Waals surface area contributed by atoms with Gasteiger partial charge in [0.2, 0.25) is 0 Å². The summed E-state index contributed by atoms with van der Waals surface area (Å²) >= 11 is 1.59. The SMILES string of the molecule is O=C(On1ccc(-c2cccs2)n1)N1CCOCC1. The van der Waals surface area contributed by atoms with Crippen molar-refractivity contribution in [3.8, 4) is 10.6 Å². The second kappa shape index (κ2) is 5.41. The summed E-state index contributed by atoms with van der Waals surface area (Å²) < 4.78 is 5.18. The third-order valence-corrected chi connectivity index (χ3v) is 3.67. The van der Waals surface area contributed by atoms with Gasteiger partial charge in [0.1, 0.15) is 5.69 Å². The summed E-state index contributed by atoms with van der Waals surface area (Å²) in [7, 11) is 0. The molecule has 2 aromatic rings. The molecular weight excluding hydrogens is 266 g/mol. The zero-order valence-corrected chi connectivity index (χ0v) is 11.0. The Bertz CT molecular complexity index is 546. The number of nitrogens with zero attached hydrogens (tertiary/aromatic N) is 3. The molecule has 0 radical (unpaired) electrons. The van der Waals surface area contributed by atoms with Crippen LogP contribution >= 0.6 is 11.3 Å². The molecule has 2 aromatic heterocycles. The molecule has 1 amide bonds. The zero-order chi connectivity index (χ0) is 13.1. The van der Waals surface area contributed by atoms with Crippen molar-refractivity contribution >= 4 is 17.4 Å². The molecule has 6 nitrogen and oxygen atoms in total. The van der Waals surface area contributed by atoms with E-state index >= 15 is 0 Å². The van der Waals surface area contributed by atoms with E-state index in [9.17, 15) is 4.79 Å². The van der Waals surface area contributed by atoms with Crippen molar-refractivity contribution in [2.75, 3.05) is 26.3 Å². The Morgan fingerprint density at radius 2 is 2.21 bits per heavy atom. The lowest BCUT2D eigenvalue weighted by atomic mass is 10.4. The lowest BCUT2D eigenvalue weighted by Gasteiger charge is -2.25. The van der Waals surface area contributed by atoms with Gasteiger partial charge in [-0.1, -0.05) is 10.9 Å². The predicted octanol–water partition coefficient (Wildman–Crippen LogP) is 1.49. The van der Waals surface area contributed by atoms with E-state index in [0.29, 0.717) is 26.3 Å². The predicted molar refractivity (Wildman–Crippen MR) is 69.9 cm³/mol. The lowest BCUT2D eigenvalue weighted by molar-refractivity contribution is 0.0198. The molecule has 1 aliphatic rings. The van der Waals surface area contributed by atoms with Crippen LogP contribution in [0.3, 0.4) is 0 Å². The summed E-state index contributed by atoms with van der Waals surface area (Å²) in [5.41, 5.74) is 0.796. The van der Waals surface area contributed by atoms with Crippen LogP contribution in [-0.4, -0.2) is 47.2 Å². The number of aromatic nitrogens is 2. The number of thiophene rings is 1. The maximum atomic E-state index is 11.9. The average Bonchev–Trinajstić information content (AvgIpc) is 3.10. The maximum Gasteiger partial charge on any atom is 0.436 e. The standard InChI is InChI=1S/C12H13N3O3S/c16-12(14-5-7-17-8-6-14)18-15-4-3-10(13-15)11-2-1-9-19-11/h1-4,9H,5-8H2. The highest BCUT2D eigenvalue weighted by Crippen LogP contribution is 2.21. The van der Waals surface area contributed by atoms with Gasteiger partial charge in [-0.2, -0.15) is 0 Å². The van der Waals surface area contributed by atoms with E-state index in [1.165, 1.54) is 4.85 Å². The molecule has 1 fully saturated rings. The molecule has 0 saturated carbocycles. The molecule has 0 spiro atoms. The van der Waals surface area contributed by atoms with E-state index in [0.717, 1.165) is 10.6 Å². The van der Waals surface area contributed by atoms with E-state index in [4.69, 9.17) is 9.57 Å². The van der Waals surface area contributed by atoms with Crippen LogP contribution in [0.15, 0.2) is 29.8 Å². The minimum absolute atomic E-state index is 0.399. The second-order valence-electron chi connectivity index (χ2n) is 4.04. The van der Waals surface area contributed by atoms with Gasteiger partial charge in [-0.15, -0.1) is 16.4 Å². The molecule has 1 saturated heterocycles. The van der Waals surface area contributed by atoms with E-state index in [2.05, 4.69) is 5.10 Å². The summed E-state index contributed by atoms with van der Waals surface area (Å²) in [6, 6.07) is 5.75. The monoisotopic (exact) mass is 279 g/mol. The number of rotatable bonds is 2. The number of ether oxygens (including phenoxy) is 1. The summed E-state index contributed by atoms with van der Waals surface area (Å²) in [6.45, 7) is 2.21. The molecule has 19 heavy (non-hydrogen) atoms. The maximum absolute atomic E-state index is 11.9. The van der Waals surface area contributed by atoms with Crippen molar-refractivity contribution in [3.63, 3.8) is 0 Å². The molecule has 0 N–H and O–H groups in total. The molecule has 100 valence electrons. The van der Waals surface area contributed by atoms with Gasteiger partial charge in [-0.05, 0) is 17.5 Å². The number of carbonyl (C=O) groups excluding carboxylic acids is 1. The van der Waals surface area contributed by atoms with Crippen LogP contribution in [0.25, 0.3) is 10.6 Å². The Kier molecular flexibility index (Phi) is 3.47. The largest absolute Gasteiger partial charge is 0.436 e. The van der Waals surface area contributed by atoms with Gasteiger partial charge in [0.15, 0.2) is 0 Å². The highest BCUT2D eigenvalue weighted by atomic mass is 32.1. The Hall–Kier alpha value is -1.86. The Labute approximate surface area is 114 Å². The summed E-state index contributed by atoms with van der Waals surface area (Å²) in [6.07, 6.45) is 1.23. The molecule has 0 unspecified atom stereocenters. The zero-order valence-electron chi connectivity index (χ0n) is 10.2. The van der Waals surface area contributed by atoms with E-state index in [1.807, 2.05) is 23.6 Å². The first kappa shape index (κ1) is 12.2. The van der Waals surface area contributed by atoms with Crippen LogP contribution in [0.1, 0.15) is 0 Å². The smallest absolute Gasteiger partial charge is 0.378 e. The minimum Gasteiger partial charge on any atom is -0.378 e. The van der Waals surface area contributed by atoms with Gasteiger partial charge in [-0.3, -0.25) is 4.84 Å². The van der Waals surface area contributed by atoms with Gasteiger partial charge in [0.05, 0.1) is 24.3 Å². The fraction of sp³-hybridized carbons (Fsp3) is 0.333. The first-order chi connectivity index (χ1) is 9.33. The van der Waals surface area contributed by atoms with Crippen molar-refractivity contribution in [1.29, 1.82) is 0 Å². The van der Waals surface area contributed by atoms with Gasteiger partial charge in [0, 0.05) is 13.1 Å². The topological polar surface area (TPSA) is 56.6 Å². The second-order valence-corrected chi connectivity index (χ2v) is 4.99. The van der Waals surface area contributed by atoms with Gasteiger partial charge < -0.3 is 9.64 Å². The van der Waals surface area contributed by atoms with E-state index < -0.39 is 6.09 Å². The third kappa shape index (κ3) is 2.77. The summed E-state index contributed by atoms with van der Waals surface area (Å²) in [4.78, 5) is 20.9. The number of morpholine rings is 1. The Morgan fingerprint density at radius 3 is 2.95 bits per heavy atom. The number of hydrogen-bond acceptors (Lipinski definition) is 5. The van der Waals surface area contributed by atoms with Gasteiger partial charge in [0.25, 0.3) is 0 Å². The third-order valence-electron chi connectivity index (χ3n) is 2.78. The van der Waals surface area contributed by atoms with Crippen LogP contribution in [0.2, 0.25) is 0 Å². The Balaban J connectivity index is 1.65. The summed E-state index contributed by atoms with van der Waals surface area (Å²) in [5.74, 6) is 0. The van der Waals surface area contributed by atoms with Crippen molar-refractivity contribution in [2.45, 2.75) is 0 Å². The van der Waals surface area contributed by atoms with Crippen LogP contribution < -0.4 is 4.84 Å². The van der Waals surface area contributed by atoms with Gasteiger partial charge in [-0.25, -0.2) is 4.79 Å². The summed E-state index contributed by atoms with van der Waals surface area (Å²) in [5, 5.41) is 6.19. The molecule has 0 bridgehead atoms. The molecule has 0 atom stereocenters. The van der Waals surface area contributed by atoms with Crippen LogP contribution in [0.5, 0.6) is 0 Å². The molecule has 1 aliphatic heterocycles. The Morgan fingerprint density at radius 1 is 1.37 bits per heavy atom. The van der Waals surface area contributed by atoms with Gasteiger partial charge >= 0.3 is 6.09 Å². The molecule has 3 rings (SSSR count). The minimum atomic E-state index is -0.399. The molecule has 0 aliphatic carbocycles. The normalized spacial score (nSPS) is 15.5. The fourth-order valence-electron chi connectivity index (χ4n) is 1.80. The van der Waals surface area contributed by atoms with Crippen LogP contribution in [-0.2, 0) is 4.74 Å². The number of carbonyl (C=O) groups is 1. The van der Waals surface area contributed by atoms with E-state index in [1.54, 1.807) is 22.4 Å². The van der Waals surface area contributed by atoms with Crippen LogP contribution in [0, 0.1) is 0 Å². The highest BCUT2D eigenvalue weighted by molar-refractivity contribution is 7.13. The highest BCUT2D eigenvalue weighted by Gasteiger charge is 2.19. The number of hydrogen-bond donors (Lipinski definition) is 0. The van der Waals surface area contributed by atoms with Crippen molar-refractivity contribution in [1.82, 2.24) is 14.8 Å². The van der Waals surface area contributed by atoms with Crippen LogP contribution in [0.4, 0.5) is 4.79 Å². The molecule has 0 aromatic carbocycles. The quantitative estimate of drug-likeness (QED) is 0.836. The van der Waals surface area contributed by atoms with Crippen molar-refractivity contribution < 1.29 is 14.4 Å². The first-order valence-electron chi connectivity index (χ1n) is 5.97. The van der Waals surface area contributed by atoms with Crippen molar-refractivity contribution in [2.24, 2.45) is 0 Å². The lowest BCUT2D eigenvalue weighted by Crippen LogP contribution is -2.44. The molecule has 3 heterocycles. The average molecular weight is 279 g/mol. The molecular formula is C12H13N3O3S. The fourth-order valence-corrected chi connectivity index (χ4v) is 2.49.